The molecule has 0 aliphatic heterocycles. The van der Waals surface area contributed by atoms with Crippen molar-refractivity contribution in [2.24, 2.45) is 0 Å². The molecule has 0 aromatic heterocycles. The van der Waals surface area contributed by atoms with Crippen LogP contribution < -0.4 is 19.5 Å². The maximum Gasteiger partial charge on any atom is 0.251 e. The zero-order valence-corrected chi connectivity index (χ0v) is 17.7. The first-order chi connectivity index (χ1) is 14.5. The third kappa shape index (κ3) is 6.16. The molecule has 0 saturated heterocycles. The maximum atomic E-state index is 12.4. The topological polar surface area (TPSA) is 56.8 Å². The van der Waals surface area contributed by atoms with Crippen molar-refractivity contribution in [3.8, 4) is 17.2 Å². The fraction of sp³-hybridized carbons (Fsp3) is 0.208. The molecule has 1 amide bonds. The van der Waals surface area contributed by atoms with E-state index in [1.807, 2.05) is 55.5 Å². The van der Waals surface area contributed by atoms with Crippen molar-refractivity contribution >= 4 is 17.5 Å². The normalized spacial score (nSPS) is 11.4. The van der Waals surface area contributed by atoms with Crippen LogP contribution >= 0.6 is 11.6 Å². The maximum absolute atomic E-state index is 12.4. The predicted octanol–water partition coefficient (Wildman–Crippen LogP) is 5.12. The number of hydrogen-bond acceptors (Lipinski definition) is 4. The zero-order chi connectivity index (χ0) is 21.3. The Labute approximate surface area is 181 Å². The average Bonchev–Trinajstić information content (AvgIpc) is 2.78. The molecule has 1 atom stereocenters. The fourth-order valence-electron chi connectivity index (χ4n) is 2.72. The van der Waals surface area contributed by atoms with Gasteiger partial charge in [-0.15, -0.1) is 0 Å². The van der Waals surface area contributed by atoms with Gasteiger partial charge >= 0.3 is 0 Å². The summed E-state index contributed by atoms with van der Waals surface area (Å²) in [5, 5.41) is 3.59. The molecule has 3 rings (SSSR count). The standard InChI is InChI=1S/C24H24ClNO4/c1-17(15-29-22-13-11-20(28-2)12-14-22)26-24(27)18-7-9-21(10-8-18)30-16-19-5-3-4-6-23(19)25/h3-14,17H,15-16H2,1-2H3,(H,26,27)/t17-/m1/s1. The van der Waals surface area contributed by atoms with Gasteiger partial charge in [0.05, 0.1) is 13.2 Å². The molecule has 156 valence electrons. The van der Waals surface area contributed by atoms with Crippen LogP contribution in [0, 0.1) is 0 Å². The summed E-state index contributed by atoms with van der Waals surface area (Å²) in [5.74, 6) is 1.99. The molecule has 0 unspecified atom stereocenters. The summed E-state index contributed by atoms with van der Waals surface area (Å²) in [5.41, 5.74) is 1.46. The number of amides is 1. The van der Waals surface area contributed by atoms with Crippen molar-refractivity contribution in [2.75, 3.05) is 13.7 Å². The number of ether oxygens (including phenoxy) is 3. The highest BCUT2D eigenvalue weighted by Gasteiger charge is 2.11. The highest BCUT2D eigenvalue weighted by atomic mass is 35.5. The van der Waals surface area contributed by atoms with Crippen LogP contribution in [0.4, 0.5) is 0 Å². The average molecular weight is 426 g/mol. The first kappa shape index (κ1) is 21.5. The summed E-state index contributed by atoms with van der Waals surface area (Å²) in [6.45, 7) is 2.62. The number of halogens is 1. The zero-order valence-electron chi connectivity index (χ0n) is 16.9. The fourth-order valence-corrected chi connectivity index (χ4v) is 2.91. The molecule has 0 aliphatic rings. The lowest BCUT2D eigenvalue weighted by atomic mass is 10.2. The van der Waals surface area contributed by atoms with Crippen molar-refractivity contribution in [3.63, 3.8) is 0 Å². The van der Waals surface area contributed by atoms with Gasteiger partial charge in [-0.1, -0.05) is 29.8 Å². The Morgan fingerprint density at radius 2 is 1.50 bits per heavy atom. The SMILES string of the molecule is COc1ccc(OC[C@@H](C)NC(=O)c2ccc(OCc3ccccc3Cl)cc2)cc1. The van der Waals surface area contributed by atoms with Crippen LogP contribution in [0.3, 0.4) is 0 Å². The molecule has 0 saturated carbocycles. The van der Waals surface area contributed by atoms with Gasteiger partial charge in [0.15, 0.2) is 0 Å². The van der Waals surface area contributed by atoms with Gasteiger partial charge in [0, 0.05) is 16.1 Å². The minimum absolute atomic E-state index is 0.157. The molecule has 0 spiro atoms. The van der Waals surface area contributed by atoms with E-state index in [9.17, 15) is 4.79 Å². The van der Waals surface area contributed by atoms with Gasteiger partial charge in [-0.2, -0.15) is 0 Å². The summed E-state index contributed by atoms with van der Waals surface area (Å²) in [7, 11) is 1.62. The molecule has 1 N–H and O–H groups in total. The number of hydrogen-bond donors (Lipinski definition) is 1. The lowest BCUT2D eigenvalue weighted by molar-refractivity contribution is 0.0926. The Balaban J connectivity index is 1.46. The number of benzene rings is 3. The Kier molecular flexibility index (Phi) is 7.57. The molecule has 3 aromatic rings. The molecule has 0 bridgehead atoms. The second kappa shape index (κ2) is 10.6. The van der Waals surface area contributed by atoms with Crippen molar-refractivity contribution < 1.29 is 19.0 Å². The predicted molar refractivity (Wildman–Crippen MR) is 118 cm³/mol. The van der Waals surface area contributed by atoms with Gasteiger partial charge in [0.25, 0.3) is 5.91 Å². The van der Waals surface area contributed by atoms with Crippen molar-refractivity contribution in [2.45, 2.75) is 19.6 Å². The van der Waals surface area contributed by atoms with E-state index in [2.05, 4.69) is 5.32 Å². The number of carbonyl (C=O) groups excluding carboxylic acids is 1. The Bertz CT molecular complexity index is 958. The second-order valence-electron chi connectivity index (χ2n) is 6.77. The second-order valence-corrected chi connectivity index (χ2v) is 7.17. The quantitative estimate of drug-likeness (QED) is 0.516. The van der Waals surface area contributed by atoms with Crippen LogP contribution in [0.2, 0.25) is 5.02 Å². The number of nitrogens with one attached hydrogen (secondary N) is 1. The monoisotopic (exact) mass is 425 g/mol. The molecule has 3 aromatic carbocycles. The summed E-state index contributed by atoms with van der Waals surface area (Å²) < 4.78 is 16.6. The minimum atomic E-state index is -0.168. The lowest BCUT2D eigenvalue weighted by Gasteiger charge is -2.15. The van der Waals surface area contributed by atoms with Crippen LogP contribution in [0.25, 0.3) is 0 Å². The largest absolute Gasteiger partial charge is 0.497 e. The van der Waals surface area contributed by atoms with Gasteiger partial charge in [-0.05, 0) is 61.5 Å². The highest BCUT2D eigenvalue weighted by molar-refractivity contribution is 6.31. The van der Waals surface area contributed by atoms with E-state index >= 15 is 0 Å². The third-order valence-corrected chi connectivity index (χ3v) is 4.77. The Morgan fingerprint density at radius 3 is 2.17 bits per heavy atom. The van der Waals surface area contributed by atoms with Crippen molar-refractivity contribution in [1.82, 2.24) is 5.32 Å². The van der Waals surface area contributed by atoms with E-state index in [0.717, 1.165) is 17.1 Å². The van der Waals surface area contributed by atoms with E-state index < -0.39 is 0 Å². The van der Waals surface area contributed by atoms with Crippen molar-refractivity contribution in [1.29, 1.82) is 0 Å². The highest BCUT2D eigenvalue weighted by Crippen LogP contribution is 2.19. The van der Waals surface area contributed by atoms with Crippen LogP contribution in [-0.4, -0.2) is 25.7 Å². The molecule has 0 radical (unpaired) electrons. The number of methoxy groups -OCH3 is 1. The van der Waals surface area contributed by atoms with Gasteiger partial charge in [-0.3, -0.25) is 4.79 Å². The molecule has 0 fully saturated rings. The van der Waals surface area contributed by atoms with Gasteiger partial charge in [-0.25, -0.2) is 0 Å². The lowest BCUT2D eigenvalue weighted by Crippen LogP contribution is -2.36. The summed E-state index contributed by atoms with van der Waals surface area (Å²) in [6.07, 6.45) is 0. The Morgan fingerprint density at radius 1 is 0.900 bits per heavy atom. The summed E-state index contributed by atoms with van der Waals surface area (Å²) in [6, 6.07) is 21.7. The molecule has 30 heavy (non-hydrogen) atoms. The van der Waals surface area contributed by atoms with Gasteiger partial charge in [0.1, 0.15) is 30.5 Å². The molecule has 0 heterocycles. The van der Waals surface area contributed by atoms with E-state index in [1.165, 1.54) is 0 Å². The number of rotatable bonds is 9. The first-order valence-corrected chi connectivity index (χ1v) is 9.97. The van der Waals surface area contributed by atoms with Gasteiger partial charge in [0.2, 0.25) is 0 Å². The van der Waals surface area contributed by atoms with E-state index in [-0.39, 0.29) is 11.9 Å². The van der Waals surface area contributed by atoms with Gasteiger partial charge < -0.3 is 19.5 Å². The van der Waals surface area contributed by atoms with Crippen LogP contribution in [0.15, 0.2) is 72.8 Å². The van der Waals surface area contributed by atoms with E-state index in [0.29, 0.717) is 29.5 Å². The minimum Gasteiger partial charge on any atom is -0.497 e. The van der Waals surface area contributed by atoms with Crippen LogP contribution in [-0.2, 0) is 6.61 Å². The third-order valence-electron chi connectivity index (χ3n) is 4.41. The number of carbonyl (C=O) groups is 1. The Hall–Kier alpha value is -3.18. The smallest absolute Gasteiger partial charge is 0.251 e. The first-order valence-electron chi connectivity index (χ1n) is 9.59. The molecular formula is C24H24ClNO4. The summed E-state index contributed by atoms with van der Waals surface area (Å²) >= 11 is 6.14. The molecular weight excluding hydrogens is 402 g/mol. The molecule has 6 heteroatoms. The van der Waals surface area contributed by atoms with E-state index in [4.69, 9.17) is 25.8 Å². The molecule has 0 aliphatic carbocycles. The van der Waals surface area contributed by atoms with Crippen LogP contribution in [0.5, 0.6) is 17.2 Å². The summed E-state index contributed by atoms with van der Waals surface area (Å²) in [4.78, 5) is 12.4. The van der Waals surface area contributed by atoms with Crippen molar-refractivity contribution in [3.05, 3.63) is 88.9 Å². The van der Waals surface area contributed by atoms with E-state index in [1.54, 1.807) is 31.4 Å². The molecule has 5 nitrogen and oxygen atoms in total. The van der Waals surface area contributed by atoms with Crippen LogP contribution in [0.1, 0.15) is 22.8 Å².